The molecule has 0 saturated carbocycles. The van der Waals surface area contributed by atoms with E-state index in [0.29, 0.717) is 18.5 Å². The van der Waals surface area contributed by atoms with Crippen molar-refractivity contribution in [1.29, 1.82) is 0 Å². The van der Waals surface area contributed by atoms with Crippen LogP contribution in [0.3, 0.4) is 0 Å². The molecule has 0 aromatic carbocycles. The van der Waals surface area contributed by atoms with Gasteiger partial charge in [0.2, 0.25) is 5.91 Å². The fourth-order valence-electron chi connectivity index (χ4n) is 3.06. The van der Waals surface area contributed by atoms with Crippen molar-refractivity contribution in [2.75, 3.05) is 46.8 Å². The molecule has 0 radical (unpaired) electrons. The molecule has 0 aliphatic carbocycles. The molecule has 2 heterocycles. The highest BCUT2D eigenvalue weighted by Gasteiger charge is 2.25. The Balaban J connectivity index is 2.03. The number of thiophene rings is 1. The predicted octanol–water partition coefficient (Wildman–Crippen LogP) is 2.33. The standard InChI is InChI=1S/C20H33N5OS/c1-5-10-21-20(23-15-19(26)24(3)4)22-14-17(18-7-6-13-27-18)25-11-8-16(2)9-12-25/h5-7,13,16-17H,1,8-12,14-15H2,2-4H3,(H2,21,22,23). The highest BCUT2D eigenvalue weighted by atomic mass is 32.1. The molecule has 1 amide bonds. The Hall–Kier alpha value is -1.86. The monoisotopic (exact) mass is 391 g/mol. The molecule has 1 saturated heterocycles. The van der Waals surface area contributed by atoms with E-state index in [0.717, 1.165) is 25.6 Å². The van der Waals surface area contributed by atoms with Crippen LogP contribution in [0, 0.1) is 5.92 Å². The van der Waals surface area contributed by atoms with Crippen LogP contribution in [0.25, 0.3) is 0 Å². The Kier molecular flexibility index (Phi) is 8.81. The molecule has 2 rings (SSSR count). The number of carbonyl (C=O) groups excluding carboxylic acids is 1. The first-order chi connectivity index (χ1) is 13.0. The van der Waals surface area contributed by atoms with Crippen molar-refractivity contribution >= 4 is 23.2 Å². The second kappa shape index (κ2) is 11.1. The average Bonchev–Trinajstić information content (AvgIpc) is 3.18. The third-order valence-electron chi connectivity index (χ3n) is 4.88. The Morgan fingerprint density at radius 2 is 2.19 bits per heavy atom. The zero-order valence-electron chi connectivity index (χ0n) is 16.8. The number of amides is 1. The zero-order chi connectivity index (χ0) is 19.6. The Labute approximate surface area is 167 Å². The number of hydrogen-bond donors (Lipinski definition) is 2. The summed E-state index contributed by atoms with van der Waals surface area (Å²) in [5.41, 5.74) is 0. The molecular weight excluding hydrogens is 358 g/mol. The van der Waals surface area contributed by atoms with E-state index in [4.69, 9.17) is 0 Å². The molecule has 1 aliphatic heterocycles. The van der Waals surface area contributed by atoms with Crippen molar-refractivity contribution in [3.05, 3.63) is 35.0 Å². The first kappa shape index (κ1) is 21.4. The van der Waals surface area contributed by atoms with Gasteiger partial charge in [0.1, 0.15) is 6.54 Å². The summed E-state index contributed by atoms with van der Waals surface area (Å²) in [6.07, 6.45) is 4.28. The summed E-state index contributed by atoms with van der Waals surface area (Å²) in [7, 11) is 3.48. The number of aliphatic imine (C=N–C) groups is 1. The van der Waals surface area contributed by atoms with Crippen molar-refractivity contribution in [2.45, 2.75) is 25.8 Å². The number of carbonyl (C=O) groups is 1. The Morgan fingerprint density at radius 3 is 2.78 bits per heavy atom. The van der Waals surface area contributed by atoms with E-state index in [1.165, 1.54) is 17.7 Å². The van der Waals surface area contributed by atoms with Gasteiger partial charge in [-0.1, -0.05) is 19.1 Å². The molecule has 0 bridgehead atoms. The molecular formula is C20H33N5OS. The average molecular weight is 392 g/mol. The summed E-state index contributed by atoms with van der Waals surface area (Å²) in [6, 6.07) is 4.64. The van der Waals surface area contributed by atoms with Gasteiger partial charge in [0.15, 0.2) is 5.96 Å². The van der Waals surface area contributed by atoms with E-state index >= 15 is 0 Å². The summed E-state index contributed by atoms with van der Waals surface area (Å²) in [5, 5.41) is 8.77. The largest absolute Gasteiger partial charge is 0.354 e. The van der Waals surface area contributed by atoms with Crippen LogP contribution in [0.4, 0.5) is 0 Å². The van der Waals surface area contributed by atoms with E-state index in [-0.39, 0.29) is 12.5 Å². The van der Waals surface area contributed by atoms with Gasteiger partial charge in [-0.15, -0.1) is 17.9 Å². The zero-order valence-corrected chi connectivity index (χ0v) is 17.6. The van der Waals surface area contributed by atoms with Crippen LogP contribution in [-0.2, 0) is 4.79 Å². The number of nitrogens with one attached hydrogen (secondary N) is 2. The van der Waals surface area contributed by atoms with Crippen LogP contribution in [0.5, 0.6) is 0 Å². The van der Waals surface area contributed by atoms with Crippen LogP contribution < -0.4 is 10.6 Å². The van der Waals surface area contributed by atoms with Gasteiger partial charge in [-0.2, -0.15) is 0 Å². The van der Waals surface area contributed by atoms with Crippen molar-refractivity contribution in [3.63, 3.8) is 0 Å². The van der Waals surface area contributed by atoms with Gasteiger partial charge in [0, 0.05) is 32.1 Å². The van der Waals surface area contributed by atoms with Crippen LogP contribution in [0.1, 0.15) is 30.7 Å². The predicted molar refractivity (Wildman–Crippen MR) is 114 cm³/mol. The number of guanidine groups is 1. The lowest BCUT2D eigenvalue weighted by molar-refractivity contribution is -0.127. The van der Waals surface area contributed by atoms with Crippen LogP contribution >= 0.6 is 11.3 Å². The number of hydrogen-bond acceptors (Lipinski definition) is 4. The lowest BCUT2D eigenvalue weighted by Gasteiger charge is -2.36. The lowest BCUT2D eigenvalue weighted by Crippen LogP contribution is -2.45. The molecule has 1 unspecified atom stereocenters. The summed E-state index contributed by atoms with van der Waals surface area (Å²) >= 11 is 1.80. The molecule has 1 aromatic heterocycles. The minimum atomic E-state index is -0.0190. The van der Waals surface area contributed by atoms with E-state index < -0.39 is 0 Å². The molecule has 1 fully saturated rings. The summed E-state index contributed by atoms with van der Waals surface area (Å²) in [4.78, 5) is 21.8. The van der Waals surface area contributed by atoms with Gasteiger partial charge in [0.05, 0.1) is 6.04 Å². The van der Waals surface area contributed by atoms with Crippen molar-refractivity contribution in [1.82, 2.24) is 20.4 Å². The summed E-state index contributed by atoms with van der Waals surface area (Å²) < 4.78 is 0. The van der Waals surface area contributed by atoms with E-state index in [1.807, 2.05) is 0 Å². The van der Waals surface area contributed by atoms with Gasteiger partial charge >= 0.3 is 0 Å². The highest BCUT2D eigenvalue weighted by molar-refractivity contribution is 7.10. The molecule has 150 valence electrons. The van der Waals surface area contributed by atoms with Crippen LogP contribution in [0.2, 0.25) is 0 Å². The first-order valence-corrected chi connectivity index (χ1v) is 10.5. The molecule has 7 heteroatoms. The quantitative estimate of drug-likeness (QED) is 0.406. The maximum Gasteiger partial charge on any atom is 0.243 e. The number of piperidine rings is 1. The minimum Gasteiger partial charge on any atom is -0.354 e. The normalized spacial score (nSPS) is 17.4. The van der Waals surface area contributed by atoms with Crippen molar-refractivity contribution in [2.24, 2.45) is 10.9 Å². The molecule has 27 heavy (non-hydrogen) atoms. The Bertz CT molecular complexity index is 606. The third-order valence-corrected chi connectivity index (χ3v) is 5.85. The molecule has 6 nitrogen and oxygen atoms in total. The minimum absolute atomic E-state index is 0.0190. The number of nitrogens with zero attached hydrogens (tertiary/aromatic N) is 3. The van der Waals surface area contributed by atoms with Gasteiger partial charge in [0.25, 0.3) is 0 Å². The molecule has 1 aliphatic rings. The topological polar surface area (TPSA) is 60.0 Å². The molecule has 1 aromatic rings. The van der Waals surface area contributed by atoms with Crippen molar-refractivity contribution in [3.8, 4) is 0 Å². The SMILES string of the molecule is C=CCNC(=NCC(=O)N(C)C)NCC(c1cccs1)N1CCC(C)CC1. The summed E-state index contributed by atoms with van der Waals surface area (Å²) in [6.45, 7) is 9.82. The van der Waals surface area contributed by atoms with Crippen molar-refractivity contribution < 1.29 is 4.79 Å². The number of likely N-dealkylation sites (tertiary alicyclic amines) is 1. The second-order valence-corrected chi connectivity index (χ2v) is 8.23. The smallest absolute Gasteiger partial charge is 0.243 e. The lowest BCUT2D eigenvalue weighted by atomic mass is 9.97. The Morgan fingerprint density at radius 1 is 1.44 bits per heavy atom. The number of rotatable bonds is 8. The first-order valence-electron chi connectivity index (χ1n) is 9.62. The van der Waals surface area contributed by atoms with Crippen LogP contribution in [0.15, 0.2) is 35.2 Å². The van der Waals surface area contributed by atoms with Gasteiger partial charge in [-0.05, 0) is 43.3 Å². The number of likely N-dealkylation sites (N-methyl/N-ethyl adjacent to an activating group) is 1. The van der Waals surface area contributed by atoms with Crippen LogP contribution in [-0.4, -0.2) is 68.5 Å². The van der Waals surface area contributed by atoms with Gasteiger partial charge < -0.3 is 15.5 Å². The van der Waals surface area contributed by atoms with E-state index in [1.54, 1.807) is 36.4 Å². The molecule has 0 spiro atoms. The van der Waals surface area contributed by atoms with Gasteiger partial charge in [-0.25, -0.2) is 4.99 Å². The highest BCUT2D eigenvalue weighted by Crippen LogP contribution is 2.28. The molecule has 2 N–H and O–H groups in total. The fraction of sp³-hybridized carbons (Fsp3) is 0.600. The van der Waals surface area contributed by atoms with E-state index in [2.05, 4.69) is 51.5 Å². The second-order valence-electron chi connectivity index (χ2n) is 7.25. The van der Waals surface area contributed by atoms with E-state index in [9.17, 15) is 4.79 Å². The maximum absolute atomic E-state index is 11.9. The van der Waals surface area contributed by atoms with Gasteiger partial charge in [-0.3, -0.25) is 9.69 Å². The summed E-state index contributed by atoms with van der Waals surface area (Å²) in [5.74, 6) is 1.44. The maximum atomic E-state index is 11.9. The third kappa shape index (κ3) is 6.99. The fourth-order valence-corrected chi connectivity index (χ4v) is 3.92. The molecule has 1 atom stereocenters.